The zero-order chi connectivity index (χ0) is 34.7. The van der Waals surface area contributed by atoms with Gasteiger partial charge < -0.3 is 34.7 Å². The summed E-state index contributed by atoms with van der Waals surface area (Å²) in [5.74, 6) is -1.94. The van der Waals surface area contributed by atoms with Gasteiger partial charge in [0.25, 0.3) is 0 Å². The Bertz CT molecular complexity index is 1450. The van der Waals surface area contributed by atoms with Gasteiger partial charge >= 0.3 is 11.9 Å². The largest absolute Gasteiger partial charge is 0.460 e. The van der Waals surface area contributed by atoms with Crippen molar-refractivity contribution < 1.29 is 48.1 Å². The minimum Gasteiger partial charge on any atom is -0.460 e. The monoisotopic (exact) mass is 795 g/mol. The molecule has 6 aliphatic rings. The van der Waals surface area contributed by atoms with E-state index in [-0.39, 0.29) is 57.2 Å². The third-order valence-electron chi connectivity index (χ3n) is 10.5. The fourth-order valence-corrected chi connectivity index (χ4v) is 8.44. The van der Waals surface area contributed by atoms with E-state index in [1.165, 1.54) is 0 Å². The number of ether oxygens (including phenoxy) is 4. The molecule has 3 saturated carbocycles. The van der Waals surface area contributed by atoms with E-state index in [1.807, 2.05) is 24.3 Å². The first-order valence-electron chi connectivity index (χ1n) is 17.5. The summed E-state index contributed by atoms with van der Waals surface area (Å²) in [5.41, 5.74) is -1.04. The van der Waals surface area contributed by atoms with Gasteiger partial charge in [-0.3, -0.25) is 24.0 Å². The number of carbonyl (C=O) groups is 4. The Hall–Kier alpha value is -2.37. The molecule has 3 aliphatic heterocycles. The van der Waals surface area contributed by atoms with Crippen LogP contribution in [-0.4, -0.2) is 95.0 Å². The number of fused-ring (bicyclic) bond motifs is 4. The van der Waals surface area contributed by atoms with Gasteiger partial charge in [-0.2, -0.15) is 5.06 Å². The highest BCUT2D eigenvalue weighted by atomic mass is 127. The molecule has 3 N–H and O–H groups in total. The van der Waals surface area contributed by atoms with Gasteiger partial charge in [-0.05, 0) is 93.2 Å². The van der Waals surface area contributed by atoms with Crippen LogP contribution < -0.4 is 10.6 Å². The topological polar surface area (TPSA) is 162 Å². The number of benzene rings is 1. The number of hydrogen-bond donors (Lipinski definition) is 3. The Kier molecular flexibility index (Phi) is 9.52. The van der Waals surface area contributed by atoms with E-state index in [9.17, 15) is 24.3 Å². The van der Waals surface area contributed by atoms with Crippen LogP contribution in [0.1, 0.15) is 77.7 Å². The van der Waals surface area contributed by atoms with Crippen molar-refractivity contribution >= 4 is 46.3 Å². The number of esters is 2. The van der Waals surface area contributed by atoms with Crippen molar-refractivity contribution in [2.45, 2.75) is 127 Å². The zero-order valence-corrected chi connectivity index (χ0v) is 30.3. The van der Waals surface area contributed by atoms with E-state index >= 15 is 0 Å². The summed E-state index contributed by atoms with van der Waals surface area (Å²) in [6.07, 6.45) is 1.82. The number of halogens is 1. The van der Waals surface area contributed by atoms with E-state index in [2.05, 4.69) is 33.2 Å². The van der Waals surface area contributed by atoms with Gasteiger partial charge in [0.15, 0.2) is 11.8 Å². The number of carbonyl (C=O) groups excluding carboxylic acids is 4. The number of amides is 2. The van der Waals surface area contributed by atoms with Crippen LogP contribution in [0.5, 0.6) is 0 Å². The number of nitrogens with zero attached hydrogens (tertiary/aromatic N) is 1. The third kappa shape index (κ3) is 6.85. The van der Waals surface area contributed by atoms with Gasteiger partial charge in [0.05, 0.1) is 19.2 Å². The Morgan fingerprint density at radius 3 is 2.37 bits per heavy atom. The molecule has 2 bridgehead atoms. The average molecular weight is 796 g/mol. The molecule has 14 heteroatoms. The molecule has 3 aliphatic carbocycles. The van der Waals surface area contributed by atoms with Crippen molar-refractivity contribution in [3.05, 3.63) is 33.4 Å². The highest BCUT2D eigenvalue weighted by Crippen LogP contribution is 2.63. The van der Waals surface area contributed by atoms with Crippen molar-refractivity contribution in [3.8, 4) is 0 Å². The molecule has 1 aromatic rings. The minimum absolute atomic E-state index is 0.00749. The predicted octanol–water partition coefficient (Wildman–Crippen LogP) is 2.50. The molecule has 7 atom stereocenters. The highest BCUT2D eigenvalue weighted by molar-refractivity contribution is 14.1. The maximum Gasteiger partial charge on any atom is 0.327 e. The average Bonchev–Trinajstić information content (AvgIpc) is 3.99. The highest BCUT2D eigenvalue weighted by Gasteiger charge is 2.78. The molecule has 0 radical (unpaired) electrons. The second-order valence-corrected chi connectivity index (χ2v) is 16.6. The molecule has 0 spiro atoms. The Morgan fingerprint density at radius 1 is 1.06 bits per heavy atom. The lowest BCUT2D eigenvalue weighted by Gasteiger charge is -2.48. The third-order valence-corrected chi connectivity index (χ3v) is 11.2. The summed E-state index contributed by atoms with van der Waals surface area (Å²) in [6, 6.07) is 6.22. The maximum atomic E-state index is 14.4. The number of nitrogens with one attached hydrogen (secondary N) is 2. The molecule has 7 unspecified atom stereocenters. The van der Waals surface area contributed by atoms with Crippen molar-refractivity contribution in [2.24, 2.45) is 17.3 Å². The van der Waals surface area contributed by atoms with Crippen LogP contribution in [0.4, 0.5) is 0 Å². The molecule has 1 aromatic carbocycles. The normalized spacial score (nSPS) is 32.2. The van der Waals surface area contributed by atoms with Crippen molar-refractivity contribution in [1.29, 1.82) is 0 Å². The van der Waals surface area contributed by atoms with E-state index in [4.69, 9.17) is 23.8 Å². The molecule has 268 valence electrons. The molecule has 3 heterocycles. The van der Waals surface area contributed by atoms with Crippen LogP contribution in [-0.2, 0) is 49.5 Å². The molecule has 13 nitrogen and oxygen atoms in total. The van der Waals surface area contributed by atoms with Gasteiger partial charge in [0.1, 0.15) is 35.4 Å². The number of hydrogen-bond acceptors (Lipinski definition) is 11. The first-order valence-corrected chi connectivity index (χ1v) is 18.5. The van der Waals surface area contributed by atoms with Gasteiger partial charge in [-0.25, -0.2) is 0 Å². The molecule has 2 amide bonds. The molecular weight excluding hydrogens is 749 g/mol. The first kappa shape index (κ1) is 35.1. The quantitative estimate of drug-likeness (QED) is 0.199. The SMILES string of the molecule is CC(C)(C)OC(=O)CCC(CO)NC(=O)CCNC(=O)C12CC3OC(=O)C1N(Cc1ccc(I)cc1)OC2C1OC(C2CC2)(C2CC2)OC31. The first-order chi connectivity index (χ1) is 23.3. The molecule has 6 fully saturated rings. The molecule has 49 heavy (non-hydrogen) atoms. The fraction of sp³-hybridized carbons (Fsp3) is 0.714. The summed E-state index contributed by atoms with van der Waals surface area (Å²) in [7, 11) is 0. The van der Waals surface area contributed by atoms with Crippen molar-refractivity contribution in [1.82, 2.24) is 15.7 Å². The van der Waals surface area contributed by atoms with Crippen LogP contribution in [0, 0.1) is 20.8 Å². The maximum absolute atomic E-state index is 14.4. The second-order valence-electron chi connectivity index (χ2n) is 15.4. The minimum atomic E-state index is -1.32. The molecule has 0 aromatic heterocycles. The lowest BCUT2D eigenvalue weighted by molar-refractivity contribution is -0.235. The van der Waals surface area contributed by atoms with Crippen LogP contribution in [0.2, 0.25) is 0 Å². The summed E-state index contributed by atoms with van der Waals surface area (Å²) in [6.45, 7) is 5.22. The number of aliphatic hydroxyl groups excluding tert-OH is 1. The zero-order valence-electron chi connectivity index (χ0n) is 28.2. The van der Waals surface area contributed by atoms with Gasteiger partial charge in [-0.15, -0.1) is 0 Å². The standard InChI is InChI=1S/C35H46IN3O10/c1-33(2,3)46-26(42)13-12-23(18-40)38-25(41)14-15-37-32(44)34-16-24-27-28(48-35(47-27,20-6-7-20)21-8-9-21)30(34)49-39(29(34)31(43)45-24)17-19-4-10-22(36)11-5-19/h4-5,10-11,20-21,23-24,27-30,40H,6-9,12-18H2,1-3H3,(H,37,44)(H,38,41). The molecule has 7 rings (SSSR count). The number of hydroxylamine groups is 2. The van der Waals surface area contributed by atoms with Gasteiger partial charge in [0.2, 0.25) is 11.8 Å². The van der Waals surface area contributed by atoms with E-state index in [1.54, 1.807) is 25.8 Å². The summed E-state index contributed by atoms with van der Waals surface area (Å²) in [4.78, 5) is 59.9. The second kappa shape index (κ2) is 13.3. The van der Waals surface area contributed by atoms with E-state index in [0.29, 0.717) is 0 Å². The van der Waals surface area contributed by atoms with Crippen LogP contribution >= 0.6 is 22.6 Å². The van der Waals surface area contributed by atoms with Crippen molar-refractivity contribution in [3.63, 3.8) is 0 Å². The number of aliphatic hydroxyl groups is 1. The smallest absolute Gasteiger partial charge is 0.327 e. The molecular formula is C35H46IN3O10. The van der Waals surface area contributed by atoms with Gasteiger partial charge in [-0.1, -0.05) is 12.1 Å². The van der Waals surface area contributed by atoms with E-state index < -0.39 is 77.1 Å². The predicted molar refractivity (Wildman–Crippen MR) is 180 cm³/mol. The van der Waals surface area contributed by atoms with Crippen LogP contribution in [0.25, 0.3) is 0 Å². The Labute approximate surface area is 299 Å². The summed E-state index contributed by atoms with van der Waals surface area (Å²) in [5, 5.41) is 17.0. The lowest BCUT2D eigenvalue weighted by Crippen LogP contribution is -2.69. The number of rotatable bonds is 13. The van der Waals surface area contributed by atoms with Crippen molar-refractivity contribution in [2.75, 3.05) is 13.2 Å². The fourth-order valence-electron chi connectivity index (χ4n) is 8.08. The van der Waals surface area contributed by atoms with Crippen LogP contribution in [0.15, 0.2) is 24.3 Å². The van der Waals surface area contributed by atoms with Gasteiger partial charge in [0, 0.05) is 41.2 Å². The summed E-state index contributed by atoms with van der Waals surface area (Å²) >= 11 is 2.23. The molecule has 3 saturated heterocycles. The van der Waals surface area contributed by atoms with E-state index in [0.717, 1.165) is 34.8 Å². The lowest BCUT2D eigenvalue weighted by atomic mass is 9.62. The Morgan fingerprint density at radius 2 is 1.73 bits per heavy atom. The van der Waals surface area contributed by atoms with Crippen LogP contribution in [0.3, 0.4) is 0 Å². The Balaban J connectivity index is 1.06. The summed E-state index contributed by atoms with van der Waals surface area (Å²) < 4.78 is 26.1.